The lowest BCUT2D eigenvalue weighted by Crippen LogP contribution is -2.42. The van der Waals surface area contributed by atoms with Gasteiger partial charge in [0.1, 0.15) is 12.3 Å². The molecule has 0 fully saturated rings. The molecule has 186 valence electrons. The van der Waals surface area contributed by atoms with Crippen molar-refractivity contribution >= 4 is 37.5 Å². The molecular formula is C27H31BrN2O4S. The number of ether oxygens (including phenoxy) is 1. The molecule has 1 unspecified atom stereocenters. The Kier molecular flexibility index (Phi) is 8.97. The van der Waals surface area contributed by atoms with Gasteiger partial charge in [0.2, 0.25) is 5.91 Å². The Bertz CT molecular complexity index is 1240. The van der Waals surface area contributed by atoms with E-state index in [1.165, 1.54) is 0 Å². The Balaban J connectivity index is 1.92. The Labute approximate surface area is 216 Å². The minimum atomic E-state index is -3.98. The van der Waals surface area contributed by atoms with Crippen molar-refractivity contribution in [3.63, 3.8) is 0 Å². The smallest absolute Gasteiger partial charge is 0.264 e. The summed E-state index contributed by atoms with van der Waals surface area (Å²) >= 11 is 3.41. The third kappa shape index (κ3) is 7.08. The molecule has 0 aromatic heterocycles. The predicted molar refractivity (Wildman–Crippen MR) is 143 cm³/mol. The Morgan fingerprint density at radius 1 is 1.03 bits per heavy atom. The maximum atomic E-state index is 13.6. The van der Waals surface area contributed by atoms with Crippen molar-refractivity contribution in [1.82, 2.24) is 5.32 Å². The number of hydrogen-bond acceptors (Lipinski definition) is 4. The van der Waals surface area contributed by atoms with E-state index in [-0.39, 0.29) is 23.4 Å². The quantitative estimate of drug-likeness (QED) is 0.338. The number of anilines is 1. The van der Waals surface area contributed by atoms with Crippen LogP contribution in [0, 0.1) is 12.8 Å². The molecular weight excluding hydrogens is 528 g/mol. The van der Waals surface area contributed by atoms with Crippen LogP contribution in [-0.2, 0) is 14.8 Å². The lowest BCUT2D eigenvalue weighted by Gasteiger charge is -2.27. The van der Waals surface area contributed by atoms with E-state index in [4.69, 9.17) is 4.74 Å². The number of carbonyl (C=O) groups excluding carboxylic acids is 1. The average molecular weight is 560 g/mol. The monoisotopic (exact) mass is 558 g/mol. The minimum Gasteiger partial charge on any atom is -0.497 e. The maximum Gasteiger partial charge on any atom is 0.264 e. The van der Waals surface area contributed by atoms with Crippen LogP contribution in [0.2, 0.25) is 0 Å². The number of amides is 1. The highest BCUT2D eigenvalue weighted by atomic mass is 79.9. The van der Waals surface area contributed by atoms with Crippen LogP contribution in [0.15, 0.2) is 82.2 Å². The van der Waals surface area contributed by atoms with Crippen molar-refractivity contribution in [2.24, 2.45) is 5.92 Å². The van der Waals surface area contributed by atoms with Crippen molar-refractivity contribution in [2.75, 3.05) is 18.0 Å². The summed E-state index contributed by atoms with van der Waals surface area (Å²) < 4.78 is 34.3. The molecule has 3 aromatic carbocycles. The summed E-state index contributed by atoms with van der Waals surface area (Å²) in [5.41, 5.74) is 2.29. The number of nitrogens with one attached hydrogen (secondary N) is 1. The van der Waals surface area contributed by atoms with E-state index >= 15 is 0 Å². The van der Waals surface area contributed by atoms with E-state index in [9.17, 15) is 13.2 Å². The second-order valence-electron chi connectivity index (χ2n) is 8.83. The molecule has 0 saturated heterocycles. The fraction of sp³-hybridized carbons (Fsp3) is 0.296. The number of methoxy groups -OCH3 is 1. The molecule has 3 aromatic rings. The molecule has 8 heteroatoms. The van der Waals surface area contributed by atoms with Gasteiger partial charge >= 0.3 is 0 Å². The van der Waals surface area contributed by atoms with Gasteiger partial charge in [-0.25, -0.2) is 8.42 Å². The SMILES string of the molecule is COc1ccc(C(CC(C)C)NC(=O)CN(c2cccc(Br)c2)S(=O)(=O)c2ccc(C)cc2)cc1. The van der Waals surface area contributed by atoms with Crippen molar-refractivity contribution in [3.05, 3.63) is 88.4 Å². The molecule has 1 amide bonds. The highest BCUT2D eigenvalue weighted by Gasteiger charge is 2.28. The maximum absolute atomic E-state index is 13.6. The Morgan fingerprint density at radius 3 is 2.26 bits per heavy atom. The van der Waals surface area contributed by atoms with Crippen molar-refractivity contribution in [2.45, 2.75) is 38.1 Å². The summed E-state index contributed by atoms with van der Waals surface area (Å²) in [5, 5.41) is 3.05. The van der Waals surface area contributed by atoms with Gasteiger partial charge in [0.05, 0.1) is 23.7 Å². The topological polar surface area (TPSA) is 75.7 Å². The first kappa shape index (κ1) is 26.8. The van der Waals surface area contributed by atoms with E-state index in [0.29, 0.717) is 18.0 Å². The van der Waals surface area contributed by atoms with Gasteiger partial charge in [0.25, 0.3) is 10.0 Å². The van der Waals surface area contributed by atoms with Crippen LogP contribution in [0.3, 0.4) is 0 Å². The summed E-state index contributed by atoms with van der Waals surface area (Å²) in [6.45, 7) is 5.71. The van der Waals surface area contributed by atoms with Gasteiger partial charge in [-0.3, -0.25) is 9.10 Å². The third-order valence-corrected chi connectivity index (χ3v) is 7.83. The molecule has 0 aliphatic carbocycles. The van der Waals surface area contributed by atoms with Gasteiger partial charge in [-0.15, -0.1) is 0 Å². The molecule has 0 spiro atoms. The number of hydrogen-bond donors (Lipinski definition) is 1. The van der Waals surface area contributed by atoms with Crippen molar-refractivity contribution in [1.29, 1.82) is 0 Å². The van der Waals surface area contributed by atoms with Crippen LogP contribution in [0.4, 0.5) is 5.69 Å². The zero-order valence-electron chi connectivity index (χ0n) is 20.4. The first-order chi connectivity index (χ1) is 16.6. The van der Waals surface area contributed by atoms with Gasteiger partial charge in [0, 0.05) is 4.47 Å². The molecule has 0 saturated carbocycles. The van der Waals surface area contributed by atoms with E-state index in [1.54, 1.807) is 49.6 Å². The van der Waals surface area contributed by atoms with Crippen LogP contribution in [0.5, 0.6) is 5.75 Å². The van der Waals surface area contributed by atoms with Gasteiger partial charge in [0.15, 0.2) is 0 Å². The standard InChI is InChI=1S/C27H31BrN2O4S/c1-19(2)16-26(21-10-12-24(34-4)13-11-21)29-27(31)18-30(23-7-5-6-22(28)17-23)35(32,33)25-14-8-20(3)9-15-25/h5-15,17,19,26H,16,18H2,1-4H3,(H,29,31). The summed E-state index contributed by atoms with van der Waals surface area (Å²) in [6.07, 6.45) is 0.708. The van der Waals surface area contributed by atoms with Crippen LogP contribution in [-0.4, -0.2) is 28.0 Å². The van der Waals surface area contributed by atoms with Crippen LogP contribution < -0.4 is 14.4 Å². The van der Waals surface area contributed by atoms with Crippen molar-refractivity contribution in [3.8, 4) is 5.75 Å². The second kappa shape index (κ2) is 11.7. The molecule has 0 aliphatic heterocycles. The highest BCUT2D eigenvalue weighted by Crippen LogP contribution is 2.28. The number of benzene rings is 3. The van der Waals surface area contributed by atoms with Crippen LogP contribution in [0.1, 0.15) is 37.4 Å². The number of carbonyl (C=O) groups is 1. The molecule has 6 nitrogen and oxygen atoms in total. The fourth-order valence-electron chi connectivity index (χ4n) is 3.74. The molecule has 0 radical (unpaired) electrons. The number of nitrogens with zero attached hydrogens (tertiary/aromatic N) is 1. The zero-order chi connectivity index (χ0) is 25.6. The molecule has 1 N–H and O–H groups in total. The average Bonchev–Trinajstić information content (AvgIpc) is 2.82. The van der Waals surface area contributed by atoms with Gasteiger partial charge in [-0.1, -0.05) is 65.7 Å². The van der Waals surface area contributed by atoms with Crippen LogP contribution >= 0.6 is 15.9 Å². The van der Waals surface area contributed by atoms with Crippen molar-refractivity contribution < 1.29 is 17.9 Å². The minimum absolute atomic E-state index is 0.129. The van der Waals surface area contributed by atoms with E-state index < -0.39 is 10.0 Å². The van der Waals surface area contributed by atoms with Gasteiger partial charge < -0.3 is 10.1 Å². The molecule has 0 heterocycles. The summed E-state index contributed by atoms with van der Waals surface area (Å²) in [4.78, 5) is 13.4. The number of sulfonamides is 1. The second-order valence-corrected chi connectivity index (χ2v) is 11.6. The molecule has 35 heavy (non-hydrogen) atoms. The lowest BCUT2D eigenvalue weighted by molar-refractivity contribution is -0.120. The van der Waals surface area contributed by atoms with Gasteiger partial charge in [-0.05, 0) is 67.3 Å². The Hall–Kier alpha value is -2.84. The highest BCUT2D eigenvalue weighted by molar-refractivity contribution is 9.10. The van der Waals surface area contributed by atoms with Gasteiger partial charge in [-0.2, -0.15) is 0 Å². The molecule has 3 rings (SSSR count). The van der Waals surface area contributed by atoms with Crippen LogP contribution in [0.25, 0.3) is 0 Å². The molecule has 0 bridgehead atoms. The lowest BCUT2D eigenvalue weighted by atomic mass is 9.97. The predicted octanol–water partition coefficient (Wildman–Crippen LogP) is 5.87. The number of rotatable bonds is 10. The Morgan fingerprint density at radius 2 is 1.69 bits per heavy atom. The fourth-order valence-corrected chi connectivity index (χ4v) is 5.54. The van der Waals surface area contributed by atoms with E-state index in [0.717, 1.165) is 25.7 Å². The zero-order valence-corrected chi connectivity index (χ0v) is 22.8. The normalized spacial score (nSPS) is 12.3. The van der Waals surface area contributed by atoms with E-state index in [2.05, 4.69) is 35.1 Å². The first-order valence-electron chi connectivity index (χ1n) is 11.4. The summed E-state index contributed by atoms with van der Waals surface area (Å²) in [5.74, 6) is 0.662. The largest absolute Gasteiger partial charge is 0.497 e. The molecule has 1 atom stereocenters. The third-order valence-electron chi connectivity index (χ3n) is 5.55. The molecule has 0 aliphatic rings. The van der Waals surface area contributed by atoms with E-state index in [1.807, 2.05) is 37.3 Å². The summed E-state index contributed by atoms with van der Waals surface area (Å²) in [7, 11) is -2.38. The summed E-state index contributed by atoms with van der Waals surface area (Å²) in [6, 6.07) is 20.8. The number of halogens is 1. The number of aryl methyl sites for hydroxylation is 1. The first-order valence-corrected chi connectivity index (χ1v) is 13.6.